The summed E-state index contributed by atoms with van der Waals surface area (Å²) >= 11 is 0. The number of carbonyl (C=O) groups excluding carboxylic acids is 3. The number of ether oxygens (including phenoxy) is 1. The fourth-order valence-corrected chi connectivity index (χ4v) is 1.74. The van der Waals surface area contributed by atoms with Gasteiger partial charge in [-0.25, -0.2) is 9.59 Å². The van der Waals surface area contributed by atoms with Crippen molar-refractivity contribution in [2.75, 3.05) is 6.73 Å². The van der Waals surface area contributed by atoms with Crippen LogP contribution in [-0.2, 0) is 19.1 Å². The molecule has 0 N–H and O–H groups in total. The van der Waals surface area contributed by atoms with Crippen LogP contribution in [0, 0.1) is 5.92 Å². The SMILES string of the molecule is C=C(C)C(=O)C(C=Cc1ccccc1)C(=C)C(=O)OCN=C=O. The highest BCUT2D eigenvalue weighted by Crippen LogP contribution is 2.19. The maximum absolute atomic E-state index is 12.2. The summed E-state index contributed by atoms with van der Waals surface area (Å²) in [4.78, 5) is 37.2. The van der Waals surface area contributed by atoms with Gasteiger partial charge in [-0.15, -0.1) is 0 Å². The van der Waals surface area contributed by atoms with Gasteiger partial charge >= 0.3 is 5.97 Å². The summed E-state index contributed by atoms with van der Waals surface area (Å²) in [5.74, 6) is -2.03. The number of benzene rings is 1. The summed E-state index contributed by atoms with van der Waals surface area (Å²) in [7, 11) is 0. The first-order valence-electron chi connectivity index (χ1n) is 6.80. The maximum atomic E-state index is 12.2. The molecular weight excluding hydrogens is 294 g/mol. The van der Waals surface area contributed by atoms with Crippen LogP contribution in [0.15, 0.2) is 65.7 Å². The van der Waals surface area contributed by atoms with Gasteiger partial charge in [0.2, 0.25) is 6.08 Å². The third-order valence-electron chi connectivity index (χ3n) is 2.95. The lowest BCUT2D eigenvalue weighted by atomic mass is 9.91. The van der Waals surface area contributed by atoms with Crippen molar-refractivity contribution in [3.8, 4) is 0 Å². The van der Waals surface area contributed by atoms with Crippen LogP contribution in [0.1, 0.15) is 12.5 Å². The number of hydrogen-bond donors (Lipinski definition) is 0. The van der Waals surface area contributed by atoms with Crippen molar-refractivity contribution in [1.82, 2.24) is 0 Å². The van der Waals surface area contributed by atoms with Crippen LogP contribution in [0.4, 0.5) is 0 Å². The Morgan fingerprint density at radius 1 is 1.30 bits per heavy atom. The van der Waals surface area contributed by atoms with Crippen LogP contribution in [0.3, 0.4) is 0 Å². The Balaban J connectivity index is 2.96. The van der Waals surface area contributed by atoms with E-state index in [1.807, 2.05) is 30.3 Å². The first-order chi connectivity index (χ1) is 11.0. The zero-order chi connectivity index (χ0) is 17.2. The van der Waals surface area contributed by atoms with Crippen molar-refractivity contribution in [2.45, 2.75) is 6.92 Å². The third-order valence-corrected chi connectivity index (χ3v) is 2.95. The molecule has 0 spiro atoms. The lowest BCUT2D eigenvalue weighted by Gasteiger charge is -2.13. The van der Waals surface area contributed by atoms with Crippen LogP contribution in [-0.4, -0.2) is 24.6 Å². The summed E-state index contributed by atoms with van der Waals surface area (Å²) in [6.07, 6.45) is 4.54. The number of carbonyl (C=O) groups is 2. The normalized spacial score (nSPS) is 11.3. The largest absolute Gasteiger partial charge is 0.438 e. The van der Waals surface area contributed by atoms with E-state index in [1.165, 1.54) is 6.08 Å². The Bertz CT molecular complexity index is 682. The van der Waals surface area contributed by atoms with Crippen molar-refractivity contribution in [2.24, 2.45) is 10.9 Å². The van der Waals surface area contributed by atoms with Gasteiger partial charge in [0.15, 0.2) is 12.5 Å². The minimum Gasteiger partial charge on any atom is -0.438 e. The van der Waals surface area contributed by atoms with E-state index in [0.717, 1.165) is 5.56 Å². The predicted molar refractivity (Wildman–Crippen MR) is 87.0 cm³/mol. The lowest BCUT2D eigenvalue weighted by molar-refractivity contribution is -0.140. The number of esters is 1. The number of hydrogen-bond acceptors (Lipinski definition) is 5. The second kappa shape index (κ2) is 9.07. The average Bonchev–Trinajstić information content (AvgIpc) is 2.55. The molecule has 0 aliphatic carbocycles. The van der Waals surface area contributed by atoms with Gasteiger partial charge in [-0.05, 0) is 18.1 Å². The molecule has 0 bridgehead atoms. The van der Waals surface area contributed by atoms with Gasteiger partial charge in [0, 0.05) is 5.57 Å². The van der Waals surface area contributed by atoms with Gasteiger partial charge in [-0.3, -0.25) is 4.79 Å². The van der Waals surface area contributed by atoms with Gasteiger partial charge in [0.25, 0.3) is 0 Å². The van der Waals surface area contributed by atoms with Crippen molar-refractivity contribution in [3.05, 3.63) is 66.3 Å². The topological polar surface area (TPSA) is 72.8 Å². The summed E-state index contributed by atoms with van der Waals surface area (Å²) in [6, 6.07) is 9.31. The molecule has 1 unspecified atom stereocenters. The van der Waals surface area contributed by atoms with Gasteiger partial charge < -0.3 is 4.74 Å². The van der Waals surface area contributed by atoms with E-state index >= 15 is 0 Å². The highest BCUT2D eigenvalue weighted by Gasteiger charge is 2.25. The number of isocyanates is 1. The van der Waals surface area contributed by atoms with Crippen molar-refractivity contribution in [1.29, 1.82) is 0 Å². The van der Waals surface area contributed by atoms with E-state index in [1.54, 1.807) is 19.1 Å². The molecule has 0 fully saturated rings. The Morgan fingerprint density at radius 2 is 1.96 bits per heavy atom. The Kier molecular flexibility index (Phi) is 7.11. The molecule has 1 atom stereocenters. The Hall–Kier alpha value is -3.04. The lowest BCUT2D eigenvalue weighted by Crippen LogP contribution is -2.21. The second-order valence-corrected chi connectivity index (χ2v) is 4.73. The molecule has 5 nitrogen and oxygen atoms in total. The highest BCUT2D eigenvalue weighted by atomic mass is 16.5. The number of aliphatic imine (C=N–C) groups is 1. The number of ketones is 1. The van der Waals surface area contributed by atoms with Crippen LogP contribution in [0.2, 0.25) is 0 Å². The first kappa shape index (κ1) is 18.0. The highest BCUT2D eigenvalue weighted by molar-refractivity contribution is 6.05. The molecule has 1 aromatic rings. The fraction of sp³-hybridized carbons (Fsp3) is 0.167. The zero-order valence-electron chi connectivity index (χ0n) is 12.8. The smallest absolute Gasteiger partial charge is 0.336 e. The van der Waals surface area contributed by atoms with Gasteiger partial charge in [0.05, 0.1) is 5.92 Å². The van der Waals surface area contributed by atoms with Crippen LogP contribution in [0.5, 0.6) is 0 Å². The molecule has 0 amide bonds. The maximum Gasteiger partial charge on any atom is 0.336 e. The first-order valence-corrected chi connectivity index (χ1v) is 6.80. The van der Waals surface area contributed by atoms with Crippen LogP contribution >= 0.6 is 0 Å². The Morgan fingerprint density at radius 3 is 2.52 bits per heavy atom. The summed E-state index contributed by atoms with van der Waals surface area (Å²) in [6.45, 7) is 8.32. The molecule has 0 aliphatic heterocycles. The minimum absolute atomic E-state index is 0.0497. The monoisotopic (exact) mass is 311 g/mol. The third kappa shape index (κ3) is 5.69. The van der Waals surface area contributed by atoms with E-state index in [9.17, 15) is 14.4 Å². The molecule has 1 rings (SSSR count). The number of nitrogens with zero attached hydrogens (tertiary/aromatic N) is 1. The molecular formula is C18H17NO4. The van der Waals surface area contributed by atoms with Crippen molar-refractivity contribution >= 4 is 23.9 Å². The average molecular weight is 311 g/mol. The summed E-state index contributed by atoms with van der Waals surface area (Å²) in [5.41, 5.74) is 1.12. The molecule has 0 aromatic heterocycles. The predicted octanol–water partition coefficient (Wildman–Crippen LogP) is 2.85. The van der Waals surface area contributed by atoms with Gasteiger partial charge in [0.1, 0.15) is 0 Å². The van der Waals surface area contributed by atoms with Crippen LogP contribution < -0.4 is 0 Å². The van der Waals surface area contributed by atoms with Gasteiger partial charge in [-0.1, -0.05) is 55.6 Å². The summed E-state index contributed by atoms with van der Waals surface area (Å²) < 4.78 is 4.72. The molecule has 0 heterocycles. The molecule has 118 valence electrons. The second-order valence-electron chi connectivity index (χ2n) is 4.73. The minimum atomic E-state index is -0.889. The number of allylic oxidation sites excluding steroid dienone is 2. The molecule has 0 saturated carbocycles. The fourth-order valence-electron chi connectivity index (χ4n) is 1.74. The van der Waals surface area contributed by atoms with E-state index in [-0.39, 0.29) is 11.4 Å². The van der Waals surface area contributed by atoms with Crippen LogP contribution in [0.25, 0.3) is 6.08 Å². The number of Topliss-reactive ketones (excluding diaryl/α,β-unsaturated/α-hetero) is 1. The standard InChI is InChI=1S/C18H17NO4/c1-13(2)17(21)16(10-9-15-7-5-4-6-8-15)14(3)18(22)23-12-19-11-20/h4-10,16H,1,3,12H2,2H3. The molecule has 23 heavy (non-hydrogen) atoms. The number of rotatable bonds is 8. The molecule has 0 aliphatic rings. The van der Waals surface area contributed by atoms with E-state index in [0.29, 0.717) is 5.57 Å². The molecule has 0 radical (unpaired) electrons. The van der Waals surface area contributed by atoms with E-state index < -0.39 is 18.6 Å². The molecule has 0 saturated heterocycles. The molecule has 5 heteroatoms. The van der Waals surface area contributed by atoms with E-state index in [2.05, 4.69) is 18.2 Å². The van der Waals surface area contributed by atoms with E-state index in [4.69, 9.17) is 4.74 Å². The zero-order valence-corrected chi connectivity index (χ0v) is 12.8. The van der Waals surface area contributed by atoms with Crippen molar-refractivity contribution < 1.29 is 19.1 Å². The molecule has 1 aromatic carbocycles. The van der Waals surface area contributed by atoms with Gasteiger partial charge in [-0.2, -0.15) is 4.99 Å². The quantitative estimate of drug-likeness (QED) is 0.320. The summed E-state index contributed by atoms with van der Waals surface area (Å²) in [5, 5.41) is 0. The van der Waals surface area contributed by atoms with Crippen molar-refractivity contribution in [3.63, 3.8) is 0 Å². The Labute approximate surface area is 134 Å².